The third-order valence-corrected chi connectivity index (χ3v) is 9.11. The number of ether oxygens (including phenoxy) is 2. The maximum Gasteiger partial charge on any atom is 0.408 e. The number of aliphatic carboxylic acids is 1. The number of benzene rings is 3. The monoisotopic (exact) mass is 824 g/mol. The van der Waals surface area contributed by atoms with Crippen molar-refractivity contribution in [1.82, 2.24) is 30.8 Å². The summed E-state index contributed by atoms with van der Waals surface area (Å²) in [7, 11) is 0. The number of hydrogen-bond donors (Lipinski definition) is 5. The number of amides is 4. The Labute approximate surface area is 350 Å². The fourth-order valence-electron chi connectivity index (χ4n) is 6.51. The molecule has 0 aliphatic heterocycles. The summed E-state index contributed by atoms with van der Waals surface area (Å²) < 4.78 is 12.8. The molecule has 0 spiro atoms. The van der Waals surface area contributed by atoms with Gasteiger partial charge in [0.2, 0.25) is 17.7 Å². The molecule has 15 heteroatoms. The molecular formula is C45H56N6O9. The summed E-state index contributed by atoms with van der Waals surface area (Å²) in [6.45, 7) is 12.1. The Kier molecular flexibility index (Phi) is 15.0. The molecule has 0 saturated heterocycles. The predicted octanol–water partition coefficient (Wildman–Crippen LogP) is 4.86. The van der Waals surface area contributed by atoms with Crippen molar-refractivity contribution in [1.29, 1.82) is 0 Å². The third kappa shape index (κ3) is 12.7. The SMILES string of the molecule is CC(C)(C)OC(=O)CC[C@@H](NC(=O)C(C)(C)NC(=O)[C@H](Cc1cn(C(c2ccccc2)(c2ccccc2)c2ccccc2)cn1)NC(=O)OC(C)(C)C)C(=O)NCC(=O)O. The average molecular weight is 825 g/mol. The van der Waals surface area contributed by atoms with Crippen LogP contribution in [-0.2, 0) is 45.4 Å². The van der Waals surface area contributed by atoms with E-state index in [1.807, 2.05) is 102 Å². The molecule has 0 aliphatic carbocycles. The van der Waals surface area contributed by atoms with E-state index in [1.165, 1.54) is 13.8 Å². The highest BCUT2D eigenvalue weighted by Crippen LogP contribution is 2.40. The average Bonchev–Trinajstić information content (AvgIpc) is 3.63. The first-order chi connectivity index (χ1) is 28.1. The van der Waals surface area contributed by atoms with E-state index in [9.17, 15) is 28.8 Å². The third-order valence-electron chi connectivity index (χ3n) is 9.11. The van der Waals surface area contributed by atoms with Crippen molar-refractivity contribution in [3.63, 3.8) is 0 Å². The number of rotatable bonds is 17. The van der Waals surface area contributed by atoms with Crippen LogP contribution in [0.3, 0.4) is 0 Å². The number of esters is 1. The molecule has 4 amide bonds. The Hall–Kier alpha value is -6.51. The van der Waals surface area contributed by atoms with Gasteiger partial charge in [-0.3, -0.25) is 24.0 Å². The molecule has 1 heterocycles. The van der Waals surface area contributed by atoms with Gasteiger partial charge in [-0.15, -0.1) is 0 Å². The number of imidazole rings is 1. The lowest BCUT2D eigenvalue weighted by Crippen LogP contribution is -2.62. The first kappa shape index (κ1) is 46.2. The van der Waals surface area contributed by atoms with E-state index in [0.29, 0.717) is 5.69 Å². The first-order valence-electron chi connectivity index (χ1n) is 19.6. The minimum Gasteiger partial charge on any atom is -0.480 e. The fraction of sp³-hybridized carbons (Fsp3) is 0.400. The van der Waals surface area contributed by atoms with Crippen LogP contribution in [-0.4, -0.2) is 85.8 Å². The van der Waals surface area contributed by atoms with E-state index < -0.39 is 76.7 Å². The van der Waals surface area contributed by atoms with Gasteiger partial charge in [0.05, 0.1) is 12.0 Å². The lowest BCUT2D eigenvalue weighted by atomic mass is 9.77. The van der Waals surface area contributed by atoms with E-state index in [2.05, 4.69) is 21.3 Å². The molecule has 0 fully saturated rings. The number of carbonyl (C=O) groups excluding carboxylic acids is 5. The molecule has 0 bridgehead atoms. The molecule has 3 aromatic carbocycles. The Morgan fingerprint density at radius 2 is 1.18 bits per heavy atom. The standard InChI is InChI=1S/C45H56N6O9/c1-42(2,3)59-37(54)25-24-34(38(55)46-27-36(52)53)48-40(57)44(7,8)50-39(56)35(49-41(58)60-43(4,5)6)26-33-28-51(29-47-33)45(30-18-12-9-13-19-30,31-20-14-10-15-21-31)32-22-16-11-17-23-32/h9-23,28-29,34-35H,24-27H2,1-8H3,(H,46,55)(H,48,57)(H,49,58)(H,50,56)(H,52,53)/t34-,35+/m1/s1. The maximum atomic E-state index is 14.2. The molecule has 320 valence electrons. The van der Waals surface area contributed by atoms with Crippen LogP contribution < -0.4 is 21.3 Å². The summed E-state index contributed by atoms with van der Waals surface area (Å²) in [6.07, 6.45) is 1.98. The van der Waals surface area contributed by atoms with Crippen LogP contribution in [0, 0.1) is 0 Å². The fourth-order valence-corrected chi connectivity index (χ4v) is 6.51. The smallest absolute Gasteiger partial charge is 0.408 e. The molecule has 0 saturated carbocycles. The number of hydrogen-bond acceptors (Lipinski definition) is 9. The molecule has 1 aromatic heterocycles. The van der Waals surface area contributed by atoms with Crippen molar-refractivity contribution in [3.05, 3.63) is 126 Å². The maximum absolute atomic E-state index is 14.2. The van der Waals surface area contributed by atoms with Gasteiger partial charge in [0.25, 0.3) is 0 Å². The largest absolute Gasteiger partial charge is 0.480 e. The molecule has 15 nitrogen and oxygen atoms in total. The van der Waals surface area contributed by atoms with Crippen LogP contribution in [0.4, 0.5) is 4.79 Å². The number of carboxylic acid groups (broad SMARTS) is 1. The molecule has 60 heavy (non-hydrogen) atoms. The Morgan fingerprint density at radius 1 is 0.683 bits per heavy atom. The summed E-state index contributed by atoms with van der Waals surface area (Å²) in [5.74, 6) is -4.39. The van der Waals surface area contributed by atoms with Crippen molar-refractivity contribution >= 4 is 35.8 Å². The second kappa shape index (κ2) is 19.5. The topological polar surface area (TPSA) is 207 Å². The van der Waals surface area contributed by atoms with Gasteiger partial charge in [0.15, 0.2) is 0 Å². The van der Waals surface area contributed by atoms with Crippen LogP contribution in [0.25, 0.3) is 0 Å². The zero-order valence-corrected chi connectivity index (χ0v) is 35.4. The molecular weight excluding hydrogens is 769 g/mol. The van der Waals surface area contributed by atoms with E-state index in [0.717, 1.165) is 16.7 Å². The summed E-state index contributed by atoms with van der Waals surface area (Å²) in [4.78, 5) is 82.5. The van der Waals surface area contributed by atoms with Crippen molar-refractivity contribution < 1.29 is 43.3 Å². The van der Waals surface area contributed by atoms with Crippen LogP contribution in [0.2, 0.25) is 0 Å². The molecule has 0 radical (unpaired) electrons. The van der Waals surface area contributed by atoms with E-state index in [4.69, 9.17) is 19.6 Å². The second-order valence-electron chi connectivity index (χ2n) is 16.9. The lowest BCUT2D eigenvalue weighted by molar-refractivity contribution is -0.155. The van der Waals surface area contributed by atoms with E-state index in [1.54, 1.807) is 47.9 Å². The minimum absolute atomic E-state index is 0.125. The van der Waals surface area contributed by atoms with Crippen LogP contribution in [0.5, 0.6) is 0 Å². The predicted molar refractivity (Wildman–Crippen MR) is 224 cm³/mol. The van der Waals surface area contributed by atoms with Crippen molar-refractivity contribution in [2.24, 2.45) is 0 Å². The van der Waals surface area contributed by atoms with E-state index in [-0.39, 0.29) is 19.3 Å². The van der Waals surface area contributed by atoms with Crippen LogP contribution >= 0.6 is 0 Å². The molecule has 2 atom stereocenters. The highest BCUT2D eigenvalue weighted by atomic mass is 16.6. The number of nitrogens with one attached hydrogen (secondary N) is 4. The van der Waals surface area contributed by atoms with Gasteiger partial charge in [0.1, 0.15) is 40.9 Å². The normalized spacial score (nSPS) is 12.9. The van der Waals surface area contributed by atoms with Gasteiger partial charge in [0, 0.05) is 19.0 Å². The van der Waals surface area contributed by atoms with Gasteiger partial charge in [-0.1, -0.05) is 91.0 Å². The Balaban J connectivity index is 1.66. The van der Waals surface area contributed by atoms with Crippen molar-refractivity contribution in [2.75, 3.05) is 6.54 Å². The van der Waals surface area contributed by atoms with Gasteiger partial charge in [-0.2, -0.15) is 0 Å². The van der Waals surface area contributed by atoms with E-state index >= 15 is 0 Å². The number of carbonyl (C=O) groups is 6. The van der Waals surface area contributed by atoms with Gasteiger partial charge in [-0.25, -0.2) is 9.78 Å². The molecule has 4 aromatic rings. The number of nitrogens with zero attached hydrogens (tertiary/aromatic N) is 2. The molecule has 4 rings (SSSR count). The zero-order valence-electron chi connectivity index (χ0n) is 35.4. The van der Waals surface area contributed by atoms with Gasteiger partial charge < -0.3 is 40.4 Å². The summed E-state index contributed by atoms with van der Waals surface area (Å²) in [5.41, 5.74) is -1.04. The second-order valence-corrected chi connectivity index (χ2v) is 16.9. The first-order valence-corrected chi connectivity index (χ1v) is 19.6. The van der Waals surface area contributed by atoms with Gasteiger partial charge in [-0.05, 0) is 78.5 Å². The molecule has 5 N–H and O–H groups in total. The highest BCUT2D eigenvalue weighted by molar-refractivity contribution is 5.96. The number of carboxylic acids is 1. The summed E-state index contributed by atoms with van der Waals surface area (Å²) in [6, 6.07) is 27.1. The minimum atomic E-state index is -1.70. The molecule has 0 aliphatic rings. The number of aromatic nitrogens is 2. The summed E-state index contributed by atoms with van der Waals surface area (Å²) in [5, 5.41) is 19.2. The lowest BCUT2D eigenvalue weighted by Gasteiger charge is -2.37. The Morgan fingerprint density at radius 3 is 1.65 bits per heavy atom. The summed E-state index contributed by atoms with van der Waals surface area (Å²) >= 11 is 0. The Bertz CT molecular complexity index is 2010. The van der Waals surface area contributed by atoms with Crippen LogP contribution in [0.1, 0.15) is 90.6 Å². The molecule has 0 unspecified atom stereocenters. The zero-order chi connectivity index (χ0) is 44.3. The quantitative estimate of drug-likeness (QED) is 0.0722. The van der Waals surface area contributed by atoms with Gasteiger partial charge >= 0.3 is 18.0 Å². The number of alkyl carbamates (subject to hydrolysis) is 1. The van der Waals surface area contributed by atoms with Crippen molar-refractivity contribution in [2.45, 2.75) is 109 Å². The van der Waals surface area contributed by atoms with Crippen LogP contribution in [0.15, 0.2) is 104 Å². The highest BCUT2D eigenvalue weighted by Gasteiger charge is 2.40. The van der Waals surface area contributed by atoms with Crippen molar-refractivity contribution in [3.8, 4) is 0 Å².